The van der Waals surface area contributed by atoms with E-state index in [-0.39, 0.29) is 0 Å². The highest BCUT2D eigenvalue weighted by Crippen LogP contribution is 2.35. The van der Waals surface area contributed by atoms with Gasteiger partial charge in [0.05, 0.1) is 0 Å². The molecule has 0 spiro atoms. The van der Waals surface area contributed by atoms with Crippen molar-refractivity contribution in [3.8, 4) is 67.5 Å². The highest BCUT2D eigenvalue weighted by molar-refractivity contribution is 7.17. The highest BCUT2D eigenvalue weighted by atomic mass is 32.1. The second-order valence-electron chi connectivity index (χ2n) is 13.9. The van der Waals surface area contributed by atoms with E-state index in [2.05, 4.69) is 152 Å². The maximum Gasteiger partial charge on any atom is 0.164 e. The molecule has 260 valence electrons. The fourth-order valence-corrected chi connectivity index (χ4v) is 9.12. The summed E-state index contributed by atoms with van der Waals surface area (Å²) < 4.78 is 2.67. The third-order valence-electron chi connectivity index (χ3n) is 10.4. The smallest absolute Gasteiger partial charge is 0.164 e. The molecule has 0 amide bonds. The van der Waals surface area contributed by atoms with Gasteiger partial charge in [0.25, 0.3) is 0 Å². The topological polar surface area (TPSA) is 38.7 Å². The molecule has 55 heavy (non-hydrogen) atoms. The lowest BCUT2D eigenvalue weighted by atomic mass is 9.91. The Morgan fingerprint density at radius 3 is 1.45 bits per heavy atom. The van der Waals surface area contributed by atoms with Crippen LogP contribution in [0.1, 0.15) is 18.4 Å². The summed E-state index contributed by atoms with van der Waals surface area (Å²) >= 11 is 1.92. The Balaban J connectivity index is 1.16. The molecule has 0 saturated heterocycles. The number of fused-ring (bicyclic) bond motifs is 3. The van der Waals surface area contributed by atoms with Gasteiger partial charge in [0, 0.05) is 31.3 Å². The molecule has 1 aliphatic carbocycles. The van der Waals surface area contributed by atoms with Crippen LogP contribution in [0.4, 0.5) is 0 Å². The van der Waals surface area contributed by atoms with Crippen LogP contribution in [0.15, 0.2) is 182 Å². The average Bonchev–Trinajstić information content (AvgIpc) is 3.67. The van der Waals surface area contributed by atoms with Crippen molar-refractivity contribution in [1.82, 2.24) is 15.0 Å². The third kappa shape index (κ3) is 6.37. The minimum atomic E-state index is 0.659. The molecule has 0 atom stereocenters. The van der Waals surface area contributed by atoms with E-state index in [1.54, 1.807) is 0 Å². The highest BCUT2D eigenvalue weighted by Gasteiger charge is 2.19. The van der Waals surface area contributed by atoms with Gasteiger partial charge >= 0.3 is 0 Å². The first-order valence-electron chi connectivity index (χ1n) is 18.7. The second kappa shape index (κ2) is 14.2. The Morgan fingerprint density at radius 1 is 0.382 bits per heavy atom. The van der Waals surface area contributed by atoms with Gasteiger partial charge in [0.15, 0.2) is 17.5 Å². The van der Waals surface area contributed by atoms with Crippen molar-refractivity contribution in [2.75, 3.05) is 0 Å². The van der Waals surface area contributed by atoms with Crippen molar-refractivity contribution in [2.45, 2.75) is 12.8 Å². The molecule has 7 aromatic carbocycles. The molecule has 1 aliphatic rings. The fraction of sp³-hybridized carbons (Fsp3) is 0.0392. The molecule has 2 heterocycles. The van der Waals surface area contributed by atoms with Crippen LogP contribution in [-0.4, -0.2) is 15.0 Å². The first kappa shape index (κ1) is 32.9. The van der Waals surface area contributed by atoms with E-state index in [1.165, 1.54) is 53.2 Å². The Labute approximate surface area is 324 Å². The van der Waals surface area contributed by atoms with Gasteiger partial charge in [0.2, 0.25) is 0 Å². The minimum Gasteiger partial charge on any atom is -0.208 e. The maximum atomic E-state index is 5.14. The minimum absolute atomic E-state index is 0.659. The molecule has 0 N–H and O–H groups in total. The zero-order valence-electron chi connectivity index (χ0n) is 30.1. The van der Waals surface area contributed by atoms with E-state index in [0.29, 0.717) is 17.5 Å². The molecule has 10 rings (SSSR count). The van der Waals surface area contributed by atoms with Gasteiger partial charge in [-0.2, -0.15) is 0 Å². The molecule has 0 aliphatic heterocycles. The largest absolute Gasteiger partial charge is 0.208 e. The molecule has 0 saturated carbocycles. The van der Waals surface area contributed by atoms with Crippen molar-refractivity contribution in [1.29, 1.82) is 0 Å². The number of aromatic nitrogens is 3. The van der Waals surface area contributed by atoms with Gasteiger partial charge in [-0.25, -0.2) is 15.0 Å². The average molecular weight is 722 g/mol. The first-order valence-corrected chi connectivity index (χ1v) is 19.6. The van der Waals surface area contributed by atoms with E-state index >= 15 is 0 Å². The fourth-order valence-electron chi connectivity index (χ4n) is 7.68. The molecule has 0 fully saturated rings. The van der Waals surface area contributed by atoms with Crippen LogP contribution < -0.4 is 9.75 Å². The Hall–Kier alpha value is -6.75. The molecule has 3 nitrogen and oxygen atoms in total. The SMILES string of the molecule is C1=c2c(sc3c(-c4ccc(-c5ccccc5)cc4)cccc23)=C(c2cc(-c3ccccc3)cc(-c3nc(-c4ccccc4)nc(-c4ccccc4)n3)c2)CC1. The van der Waals surface area contributed by atoms with Gasteiger partial charge in [-0.3, -0.25) is 0 Å². The van der Waals surface area contributed by atoms with Crippen molar-refractivity contribution < 1.29 is 0 Å². The van der Waals surface area contributed by atoms with Crippen LogP contribution >= 0.6 is 11.3 Å². The molecule has 0 unspecified atom stereocenters. The van der Waals surface area contributed by atoms with Gasteiger partial charge in [-0.1, -0.05) is 170 Å². The number of rotatable bonds is 7. The first-order chi connectivity index (χ1) is 27.2. The van der Waals surface area contributed by atoms with Crippen molar-refractivity contribution in [3.05, 3.63) is 197 Å². The van der Waals surface area contributed by atoms with E-state index in [0.717, 1.165) is 40.7 Å². The van der Waals surface area contributed by atoms with Crippen LogP contribution in [-0.2, 0) is 0 Å². The monoisotopic (exact) mass is 721 g/mol. The molecule has 4 heteroatoms. The lowest BCUT2D eigenvalue weighted by molar-refractivity contribution is 1.07. The van der Waals surface area contributed by atoms with Crippen molar-refractivity contribution in [2.24, 2.45) is 0 Å². The molecular formula is C51H35N3S. The van der Waals surface area contributed by atoms with E-state index < -0.39 is 0 Å². The number of hydrogen-bond acceptors (Lipinski definition) is 4. The number of thiophene rings is 1. The zero-order valence-corrected chi connectivity index (χ0v) is 30.9. The van der Waals surface area contributed by atoms with Gasteiger partial charge < -0.3 is 0 Å². The summed E-state index contributed by atoms with van der Waals surface area (Å²) in [5.74, 6) is 1.98. The molecular weight excluding hydrogens is 687 g/mol. The summed E-state index contributed by atoms with van der Waals surface area (Å²) in [6.45, 7) is 0. The summed E-state index contributed by atoms with van der Waals surface area (Å²) in [6.07, 6.45) is 4.38. The van der Waals surface area contributed by atoms with Crippen molar-refractivity contribution >= 4 is 33.1 Å². The van der Waals surface area contributed by atoms with Crippen LogP contribution in [0, 0.1) is 0 Å². The summed E-state index contributed by atoms with van der Waals surface area (Å²) in [7, 11) is 0. The van der Waals surface area contributed by atoms with Crippen LogP contribution in [0.2, 0.25) is 0 Å². The van der Waals surface area contributed by atoms with Crippen LogP contribution in [0.25, 0.3) is 89.3 Å². The second-order valence-corrected chi connectivity index (χ2v) is 14.9. The van der Waals surface area contributed by atoms with E-state index in [1.807, 2.05) is 47.7 Å². The third-order valence-corrected chi connectivity index (χ3v) is 11.7. The summed E-state index contributed by atoms with van der Waals surface area (Å²) in [4.78, 5) is 15.2. The van der Waals surface area contributed by atoms with E-state index in [4.69, 9.17) is 15.0 Å². The lowest BCUT2D eigenvalue weighted by Gasteiger charge is -2.15. The molecule has 0 bridgehead atoms. The Kier molecular flexibility index (Phi) is 8.51. The molecule has 0 radical (unpaired) electrons. The number of hydrogen-bond donors (Lipinski definition) is 0. The number of benzene rings is 7. The van der Waals surface area contributed by atoms with E-state index in [9.17, 15) is 0 Å². The van der Waals surface area contributed by atoms with Gasteiger partial charge in [-0.15, -0.1) is 11.3 Å². The van der Waals surface area contributed by atoms with Gasteiger partial charge in [0.1, 0.15) is 0 Å². The predicted octanol–water partition coefficient (Wildman–Crippen LogP) is 11.9. The normalized spacial score (nSPS) is 12.3. The van der Waals surface area contributed by atoms with Crippen LogP contribution in [0.3, 0.4) is 0 Å². The maximum absolute atomic E-state index is 5.14. The Morgan fingerprint density at radius 2 is 0.855 bits per heavy atom. The molecule has 2 aromatic heterocycles. The standard InChI is InChI=1S/C51H35N3S/c1-5-15-34(16-6-1)36-27-29-37(30-28-36)43-23-13-25-45-46-26-14-24-44(48(46)55-47(43)45)41-31-40(35-17-7-2-8-18-35)32-42(33-41)51-53-49(38-19-9-3-10-20-38)52-50(54-51)39-21-11-4-12-22-39/h1-13,15-23,25-33H,14,24H2. The molecule has 9 aromatic rings. The van der Waals surface area contributed by atoms with Crippen LogP contribution in [0.5, 0.6) is 0 Å². The summed E-state index contributed by atoms with van der Waals surface area (Å²) in [5.41, 5.74) is 12.7. The van der Waals surface area contributed by atoms with Gasteiger partial charge in [-0.05, 0) is 80.8 Å². The Bertz CT molecular complexity index is 2880. The number of nitrogens with zero attached hydrogens (tertiary/aromatic N) is 3. The zero-order chi connectivity index (χ0) is 36.6. The lowest BCUT2D eigenvalue weighted by Crippen LogP contribution is -2.25. The summed E-state index contributed by atoms with van der Waals surface area (Å²) in [5, 5.41) is 2.66. The quantitative estimate of drug-likeness (QED) is 0.164. The summed E-state index contributed by atoms with van der Waals surface area (Å²) in [6, 6.07) is 64.3. The van der Waals surface area contributed by atoms with Crippen molar-refractivity contribution in [3.63, 3.8) is 0 Å². The predicted molar refractivity (Wildman–Crippen MR) is 230 cm³/mol.